The van der Waals surface area contributed by atoms with Gasteiger partial charge in [-0.05, 0) is 19.1 Å². The van der Waals surface area contributed by atoms with Gasteiger partial charge in [0, 0.05) is 0 Å². The summed E-state index contributed by atoms with van der Waals surface area (Å²) in [5.41, 5.74) is 0.606. The Labute approximate surface area is 67.3 Å². The zero-order valence-corrected chi connectivity index (χ0v) is 6.41. The van der Waals surface area contributed by atoms with Gasteiger partial charge < -0.3 is 4.74 Å². The number of hydrogen-bond donors (Lipinski definition) is 0. The second kappa shape index (κ2) is 3.76. The fourth-order valence-corrected chi connectivity index (χ4v) is 0.789. The van der Waals surface area contributed by atoms with Crippen molar-refractivity contribution in [2.75, 3.05) is 6.61 Å². The van der Waals surface area contributed by atoms with Crippen molar-refractivity contribution in [3.05, 3.63) is 35.9 Å². The van der Waals surface area contributed by atoms with Crippen molar-refractivity contribution in [2.24, 2.45) is 0 Å². The smallest absolute Gasteiger partial charge is 0.462 e. The maximum absolute atomic E-state index is 11.0. The lowest BCUT2D eigenvalue weighted by Gasteiger charge is -1.99. The quantitative estimate of drug-likeness (QED) is 0.604. The fraction of sp³-hybridized carbons (Fsp3) is 0.222. The van der Waals surface area contributed by atoms with Crippen LogP contribution in [-0.4, -0.2) is 12.6 Å². The minimum Gasteiger partial charge on any atom is -0.462 e. The van der Waals surface area contributed by atoms with Crippen LogP contribution < -0.4 is 0 Å². The van der Waals surface area contributed by atoms with Gasteiger partial charge in [0.05, 0.1) is 12.2 Å². The molecule has 0 aliphatic rings. The molecule has 1 aromatic rings. The molecule has 0 fully saturated rings. The minimum absolute atomic E-state index is 0. The lowest BCUT2D eigenvalue weighted by atomic mass is 10.2. The second-order valence-corrected chi connectivity index (χ2v) is 2.09. The zero-order valence-electron chi connectivity index (χ0n) is 7.41. The maximum atomic E-state index is 11.0. The van der Waals surface area contributed by atoms with Gasteiger partial charge in [0.1, 0.15) is 0 Å². The molecule has 0 atom stereocenters. The highest BCUT2D eigenvalue weighted by Gasteiger charge is 2.02. The van der Waals surface area contributed by atoms with Crippen molar-refractivity contribution >= 4 is 5.97 Å². The molecule has 0 N–H and O–H groups in total. The van der Waals surface area contributed by atoms with E-state index in [0.29, 0.717) is 12.2 Å². The van der Waals surface area contributed by atoms with E-state index in [9.17, 15) is 4.79 Å². The lowest BCUT2D eigenvalue weighted by molar-refractivity contribution is 0.0526. The Morgan fingerprint density at radius 1 is 1.45 bits per heavy atom. The van der Waals surface area contributed by atoms with E-state index in [1.807, 2.05) is 18.2 Å². The van der Waals surface area contributed by atoms with Gasteiger partial charge in [0.25, 0.3) is 0 Å². The largest absolute Gasteiger partial charge is 1.00 e. The molecular weight excluding hydrogens is 140 g/mol. The third-order valence-corrected chi connectivity index (χ3v) is 1.28. The lowest BCUT2D eigenvalue weighted by Crippen LogP contribution is -2.03. The molecule has 0 aromatic heterocycles. The molecule has 2 nitrogen and oxygen atoms in total. The van der Waals surface area contributed by atoms with Crippen molar-refractivity contribution in [2.45, 2.75) is 6.92 Å². The molecule has 1 aromatic carbocycles. The van der Waals surface area contributed by atoms with E-state index >= 15 is 0 Å². The van der Waals surface area contributed by atoms with Gasteiger partial charge >= 0.3 is 7.40 Å². The Hall–Kier alpha value is -1.31. The Morgan fingerprint density at radius 3 is 2.64 bits per heavy atom. The van der Waals surface area contributed by atoms with E-state index in [2.05, 4.69) is 0 Å². The highest BCUT2D eigenvalue weighted by molar-refractivity contribution is 5.89. The van der Waals surface area contributed by atoms with Gasteiger partial charge in [-0.15, -0.1) is 0 Å². The topological polar surface area (TPSA) is 26.3 Å². The van der Waals surface area contributed by atoms with E-state index in [4.69, 9.17) is 4.74 Å². The van der Waals surface area contributed by atoms with Crippen LogP contribution >= 0.6 is 0 Å². The van der Waals surface area contributed by atoms with Crippen molar-refractivity contribution in [3.8, 4) is 0 Å². The molecule has 0 saturated carbocycles. The summed E-state index contributed by atoms with van der Waals surface area (Å²) in [5.74, 6) is -0.256. The first-order valence-corrected chi connectivity index (χ1v) is 3.56. The van der Waals surface area contributed by atoms with Gasteiger partial charge in [-0.1, -0.05) is 18.2 Å². The van der Waals surface area contributed by atoms with Crippen LogP contribution in [0.3, 0.4) is 0 Å². The average Bonchev–Trinajstić information content (AvgIpc) is 2.07. The van der Waals surface area contributed by atoms with Gasteiger partial charge in [0.15, 0.2) is 0 Å². The SMILES string of the molecule is CCOC(=O)c1ccccc1.[H+]. The van der Waals surface area contributed by atoms with Crippen LogP contribution in [0.5, 0.6) is 0 Å². The van der Waals surface area contributed by atoms with E-state index in [1.54, 1.807) is 19.1 Å². The first kappa shape index (κ1) is 7.79. The van der Waals surface area contributed by atoms with E-state index in [-0.39, 0.29) is 7.40 Å². The third kappa shape index (κ3) is 2.08. The summed E-state index contributed by atoms with van der Waals surface area (Å²) in [4.78, 5) is 11.0. The Bertz CT molecular complexity index is 234. The zero-order chi connectivity index (χ0) is 8.10. The van der Waals surface area contributed by atoms with Crippen molar-refractivity contribution in [1.82, 2.24) is 0 Å². The summed E-state index contributed by atoms with van der Waals surface area (Å²) in [5, 5.41) is 0. The number of benzene rings is 1. The van der Waals surface area contributed by atoms with Crippen LogP contribution in [0.25, 0.3) is 0 Å². The van der Waals surface area contributed by atoms with Crippen LogP contribution in [0.15, 0.2) is 30.3 Å². The van der Waals surface area contributed by atoms with Crippen molar-refractivity contribution in [3.63, 3.8) is 0 Å². The molecule has 0 aliphatic carbocycles. The van der Waals surface area contributed by atoms with Gasteiger partial charge in [0.2, 0.25) is 0 Å². The molecule has 2 heteroatoms. The number of carbonyl (C=O) groups is 1. The number of rotatable bonds is 2. The number of ether oxygens (including phenoxy) is 1. The van der Waals surface area contributed by atoms with Gasteiger partial charge in [-0.3, -0.25) is 0 Å². The van der Waals surface area contributed by atoms with Crippen molar-refractivity contribution in [1.29, 1.82) is 0 Å². The van der Waals surface area contributed by atoms with E-state index < -0.39 is 0 Å². The molecule has 0 spiro atoms. The Morgan fingerprint density at radius 2 is 2.09 bits per heavy atom. The third-order valence-electron chi connectivity index (χ3n) is 1.28. The molecular formula is C9H11O2+. The summed E-state index contributed by atoms with van der Waals surface area (Å²) in [6.07, 6.45) is 0. The standard InChI is InChI=1S/C9H10O2/c1-2-11-9(10)8-6-4-3-5-7-8/h3-7H,2H2,1H3/p+1. The summed E-state index contributed by atoms with van der Waals surface area (Å²) < 4.78 is 4.79. The highest BCUT2D eigenvalue weighted by Crippen LogP contribution is 1.99. The molecule has 0 radical (unpaired) electrons. The Balaban J connectivity index is 0.00000121. The van der Waals surface area contributed by atoms with E-state index in [0.717, 1.165) is 0 Å². The molecule has 0 unspecified atom stereocenters. The number of esters is 1. The van der Waals surface area contributed by atoms with E-state index in [1.165, 1.54) is 0 Å². The summed E-state index contributed by atoms with van der Waals surface area (Å²) in [7, 11) is 0. The van der Waals surface area contributed by atoms with Crippen LogP contribution in [-0.2, 0) is 4.74 Å². The molecule has 0 saturated heterocycles. The van der Waals surface area contributed by atoms with Gasteiger partial charge in [-0.25, -0.2) is 4.79 Å². The number of carbonyl (C=O) groups excluding carboxylic acids is 1. The molecule has 0 aliphatic heterocycles. The predicted molar refractivity (Wildman–Crippen MR) is 43.5 cm³/mol. The second-order valence-electron chi connectivity index (χ2n) is 2.09. The molecule has 1 rings (SSSR count). The monoisotopic (exact) mass is 151 g/mol. The van der Waals surface area contributed by atoms with Gasteiger partial charge in [-0.2, -0.15) is 0 Å². The van der Waals surface area contributed by atoms with Crippen LogP contribution in [0, 0.1) is 0 Å². The Kier molecular flexibility index (Phi) is 2.66. The van der Waals surface area contributed by atoms with Crippen LogP contribution in [0.1, 0.15) is 18.7 Å². The summed E-state index contributed by atoms with van der Waals surface area (Å²) >= 11 is 0. The highest BCUT2D eigenvalue weighted by atomic mass is 16.5. The number of hydrogen-bond acceptors (Lipinski definition) is 2. The summed E-state index contributed by atoms with van der Waals surface area (Å²) in [6.45, 7) is 2.22. The van der Waals surface area contributed by atoms with Crippen LogP contribution in [0.4, 0.5) is 0 Å². The summed E-state index contributed by atoms with van der Waals surface area (Å²) in [6, 6.07) is 8.96. The first-order valence-electron chi connectivity index (χ1n) is 3.56. The fourth-order valence-electron chi connectivity index (χ4n) is 0.789. The van der Waals surface area contributed by atoms with Crippen molar-refractivity contribution < 1.29 is 11.0 Å². The first-order chi connectivity index (χ1) is 5.34. The normalized spacial score (nSPS) is 9.18. The predicted octanol–water partition coefficient (Wildman–Crippen LogP) is 1.98. The molecule has 0 heterocycles. The maximum Gasteiger partial charge on any atom is 1.00 e. The molecule has 58 valence electrons. The molecule has 0 amide bonds. The minimum atomic E-state index is -0.256. The van der Waals surface area contributed by atoms with Crippen LogP contribution in [0.2, 0.25) is 0 Å². The molecule has 0 bridgehead atoms. The average molecular weight is 151 g/mol. The molecule has 11 heavy (non-hydrogen) atoms.